The second kappa shape index (κ2) is 6.17. The maximum absolute atomic E-state index is 12.6. The highest BCUT2D eigenvalue weighted by Gasteiger charge is 2.12. The minimum absolute atomic E-state index is 0.262. The van der Waals surface area contributed by atoms with E-state index in [0.29, 0.717) is 15.7 Å². The summed E-state index contributed by atoms with van der Waals surface area (Å²) in [6.45, 7) is 0. The summed E-state index contributed by atoms with van der Waals surface area (Å²) in [5, 5.41) is 13.3. The van der Waals surface area contributed by atoms with E-state index in [1.807, 2.05) is 72.8 Å². The number of fused-ring (bicyclic) bond motifs is 1. The Balaban J connectivity index is 1.75. The van der Waals surface area contributed by atoms with Crippen molar-refractivity contribution < 1.29 is 0 Å². The van der Waals surface area contributed by atoms with Crippen molar-refractivity contribution in [3.05, 3.63) is 81.6 Å². The molecule has 0 saturated heterocycles. The van der Waals surface area contributed by atoms with Crippen LogP contribution in [-0.4, -0.2) is 19.8 Å². The van der Waals surface area contributed by atoms with Crippen LogP contribution < -0.4 is 5.56 Å². The van der Waals surface area contributed by atoms with Crippen molar-refractivity contribution in [1.29, 1.82) is 0 Å². The minimum Gasteiger partial charge on any atom is -0.265 e. The van der Waals surface area contributed by atoms with Crippen LogP contribution in [0, 0.1) is 0 Å². The van der Waals surface area contributed by atoms with Crippen LogP contribution in [-0.2, 0) is 0 Å². The van der Waals surface area contributed by atoms with Gasteiger partial charge in [0.1, 0.15) is 5.01 Å². The molecule has 0 aliphatic carbocycles. The van der Waals surface area contributed by atoms with Gasteiger partial charge in [0.25, 0.3) is 0 Å². The average Bonchev–Trinajstić information content (AvgIpc) is 3.06. The third kappa shape index (κ3) is 2.75. The Bertz CT molecular complexity index is 1070. The van der Waals surface area contributed by atoms with Gasteiger partial charge in [-0.15, -0.1) is 10.2 Å². The Morgan fingerprint density at radius 2 is 1.58 bits per heavy atom. The van der Waals surface area contributed by atoms with Gasteiger partial charge in [-0.3, -0.25) is 4.79 Å². The fraction of sp³-hybridized carbons (Fsp3) is 0. The van der Waals surface area contributed by atoms with Gasteiger partial charge in [0.05, 0.1) is 0 Å². The fourth-order valence-corrected chi connectivity index (χ4v) is 3.04. The first kappa shape index (κ1) is 14.5. The van der Waals surface area contributed by atoms with E-state index < -0.39 is 0 Å². The van der Waals surface area contributed by atoms with Crippen molar-refractivity contribution in [1.82, 2.24) is 19.8 Å². The molecule has 0 atom stereocenters. The summed E-state index contributed by atoms with van der Waals surface area (Å²) in [6, 6.07) is 19.2. The second-order valence-corrected chi connectivity index (χ2v) is 6.09. The van der Waals surface area contributed by atoms with Crippen molar-refractivity contribution in [2.24, 2.45) is 0 Å². The van der Waals surface area contributed by atoms with Gasteiger partial charge in [0.2, 0.25) is 4.96 Å². The molecule has 0 aliphatic rings. The Morgan fingerprint density at radius 3 is 2.33 bits per heavy atom. The molecule has 0 bridgehead atoms. The van der Waals surface area contributed by atoms with E-state index in [0.717, 1.165) is 11.1 Å². The van der Waals surface area contributed by atoms with E-state index in [2.05, 4.69) is 15.3 Å². The van der Waals surface area contributed by atoms with Gasteiger partial charge in [0.15, 0.2) is 5.69 Å². The normalized spacial score (nSPS) is 11.3. The molecular formula is C18H12N4OS. The topological polar surface area (TPSA) is 60.2 Å². The predicted molar refractivity (Wildman–Crippen MR) is 95.7 cm³/mol. The monoisotopic (exact) mass is 332 g/mol. The SMILES string of the molecule is O=c1c(-c2ccccc2)nnc2sc(/C=C\c3ccccc3)nn12. The van der Waals surface area contributed by atoms with Gasteiger partial charge in [-0.05, 0) is 11.6 Å². The summed E-state index contributed by atoms with van der Waals surface area (Å²) < 4.78 is 1.31. The van der Waals surface area contributed by atoms with Crippen molar-refractivity contribution in [3.63, 3.8) is 0 Å². The highest BCUT2D eigenvalue weighted by atomic mass is 32.1. The van der Waals surface area contributed by atoms with E-state index in [1.54, 1.807) is 0 Å². The number of hydrogen-bond donors (Lipinski definition) is 0. The number of rotatable bonds is 3. The fourth-order valence-electron chi connectivity index (χ4n) is 2.31. The molecule has 2 aromatic heterocycles. The Kier molecular flexibility index (Phi) is 3.72. The molecule has 0 aliphatic heterocycles. The van der Waals surface area contributed by atoms with Crippen LogP contribution in [0.2, 0.25) is 0 Å². The third-order valence-corrected chi connectivity index (χ3v) is 4.34. The molecule has 116 valence electrons. The third-order valence-electron chi connectivity index (χ3n) is 3.47. The number of hydrogen-bond acceptors (Lipinski definition) is 5. The first-order chi connectivity index (χ1) is 11.8. The molecule has 5 nitrogen and oxygen atoms in total. The zero-order chi connectivity index (χ0) is 16.4. The van der Waals surface area contributed by atoms with E-state index in [4.69, 9.17) is 0 Å². The van der Waals surface area contributed by atoms with Gasteiger partial charge >= 0.3 is 5.56 Å². The molecule has 24 heavy (non-hydrogen) atoms. The molecule has 0 fully saturated rings. The summed E-state index contributed by atoms with van der Waals surface area (Å²) >= 11 is 1.33. The maximum Gasteiger partial charge on any atom is 0.302 e. The summed E-state index contributed by atoms with van der Waals surface area (Å²) in [5.74, 6) is 0. The van der Waals surface area contributed by atoms with E-state index in [-0.39, 0.29) is 5.56 Å². The Morgan fingerprint density at radius 1 is 0.875 bits per heavy atom. The van der Waals surface area contributed by atoms with Crippen molar-refractivity contribution >= 4 is 28.4 Å². The number of aromatic nitrogens is 4. The zero-order valence-corrected chi connectivity index (χ0v) is 13.4. The number of nitrogens with zero attached hydrogens (tertiary/aromatic N) is 4. The van der Waals surface area contributed by atoms with Crippen LogP contribution in [0.25, 0.3) is 28.4 Å². The lowest BCUT2D eigenvalue weighted by Crippen LogP contribution is -2.19. The minimum atomic E-state index is -0.262. The van der Waals surface area contributed by atoms with Crippen molar-refractivity contribution in [2.45, 2.75) is 0 Å². The lowest BCUT2D eigenvalue weighted by Gasteiger charge is -1.97. The summed E-state index contributed by atoms with van der Waals surface area (Å²) in [6.07, 6.45) is 3.82. The molecule has 0 saturated carbocycles. The molecular weight excluding hydrogens is 320 g/mol. The van der Waals surface area contributed by atoms with E-state index >= 15 is 0 Å². The Labute approximate surface area is 141 Å². The van der Waals surface area contributed by atoms with Crippen molar-refractivity contribution in [3.8, 4) is 11.3 Å². The van der Waals surface area contributed by atoms with Crippen LogP contribution in [0.3, 0.4) is 0 Å². The van der Waals surface area contributed by atoms with Gasteiger partial charge in [-0.2, -0.15) is 9.61 Å². The first-order valence-corrected chi connectivity index (χ1v) is 8.18. The Hall–Kier alpha value is -3.12. The maximum atomic E-state index is 12.6. The van der Waals surface area contributed by atoms with Gasteiger partial charge in [-0.1, -0.05) is 78.1 Å². The molecule has 0 spiro atoms. The lowest BCUT2D eigenvalue weighted by molar-refractivity contribution is 0.856. The molecule has 2 heterocycles. The quantitative estimate of drug-likeness (QED) is 0.577. The van der Waals surface area contributed by atoms with Crippen LogP contribution in [0.15, 0.2) is 65.5 Å². The summed E-state index contributed by atoms with van der Waals surface area (Å²) in [7, 11) is 0. The molecule has 2 aromatic carbocycles. The highest BCUT2D eigenvalue weighted by Crippen LogP contribution is 2.16. The molecule has 4 rings (SSSR count). The van der Waals surface area contributed by atoms with Crippen LogP contribution >= 0.6 is 11.3 Å². The van der Waals surface area contributed by atoms with Crippen LogP contribution in [0.1, 0.15) is 10.6 Å². The molecule has 4 aromatic rings. The largest absolute Gasteiger partial charge is 0.302 e. The molecule has 6 heteroatoms. The summed E-state index contributed by atoms with van der Waals surface area (Å²) in [4.78, 5) is 13.1. The standard InChI is InChI=1S/C18H12N4OS/c23-17-16(14-9-5-2-6-10-14)19-20-18-22(17)21-15(24-18)12-11-13-7-3-1-4-8-13/h1-12H/b12-11-. The van der Waals surface area contributed by atoms with Crippen LogP contribution in [0.5, 0.6) is 0 Å². The molecule has 0 N–H and O–H groups in total. The molecule has 0 radical (unpaired) electrons. The lowest BCUT2D eigenvalue weighted by atomic mass is 10.2. The smallest absolute Gasteiger partial charge is 0.265 e. The van der Waals surface area contributed by atoms with Gasteiger partial charge in [-0.25, -0.2) is 0 Å². The predicted octanol–water partition coefficient (Wildman–Crippen LogP) is 3.38. The highest BCUT2D eigenvalue weighted by molar-refractivity contribution is 7.17. The van der Waals surface area contributed by atoms with Gasteiger partial charge in [0, 0.05) is 5.56 Å². The second-order valence-electron chi connectivity index (χ2n) is 5.10. The van der Waals surface area contributed by atoms with Crippen molar-refractivity contribution in [2.75, 3.05) is 0 Å². The zero-order valence-electron chi connectivity index (χ0n) is 12.5. The van der Waals surface area contributed by atoms with E-state index in [1.165, 1.54) is 15.9 Å². The van der Waals surface area contributed by atoms with E-state index in [9.17, 15) is 4.79 Å². The molecule has 0 amide bonds. The summed E-state index contributed by atoms with van der Waals surface area (Å²) in [5.41, 5.74) is 1.85. The van der Waals surface area contributed by atoms with Gasteiger partial charge < -0.3 is 0 Å². The molecule has 0 unspecified atom stereocenters. The average molecular weight is 332 g/mol. The van der Waals surface area contributed by atoms with Crippen LogP contribution in [0.4, 0.5) is 0 Å². The number of benzene rings is 2. The first-order valence-electron chi connectivity index (χ1n) is 7.36.